The Hall–Kier alpha value is -4.06. The summed E-state index contributed by atoms with van der Waals surface area (Å²) in [5.74, 6) is 1.45. The van der Waals surface area contributed by atoms with Gasteiger partial charge in [0.05, 0.1) is 33.0 Å². The predicted molar refractivity (Wildman–Crippen MR) is 163 cm³/mol. The largest absolute Gasteiger partial charge is 0.354 e. The zero-order chi connectivity index (χ0) is 28.7. The van der Waals surface area contributed by atoms with Crippen LogP contribution in [-0.4, -0.2) is 58.0 Å². The smallest absolute Gasteiger partial charge is 0.268 e. The van der Waals surface area contributed by atoms with E-state index in [1.54, 1.807) is 55.1 Å². The molecular formula is C30H29ClN8O2S. The minimum Gasteiger partial charge on any atom is -0.354 e. The van der Waals surface area contributed by atoms with E-state index in [4.69, 9.17) is 16.6 Å². The van der Waals surface area contributed by atoms with Gasteiger partial charge < -0.3 is 15.5 Å². The van der Waals surface area contributed by atoms with Crippen LogP contribution in [0.5, 0.6) is 0 Å². The van der Waals surface area contributed by atoms with Gasteiger partial charge in [0.25, 0.3) is 10.0 Å². The molecule has 5 heterocycles. The maximum absolute atomic E-state index is 13.6. The van der Waals surface area contributed by atoms with Gasteiger partial charge in [-0.3, -0.25) is 0 Å². The van der Waals surface area contributed by atoms with Crippen molar-refractivity contribution in [3.63, 3.8) is 0 Å². The van der Waals surface area contributed by atoms with Gasteiger partial charge in [-0.1, -0.05) is 48.0 Å². The van der Waals surface area contributed by atoms with Crippen molar-refractivity contribution in [1.82, 2.24) is 29.2 Å². The Labute approximate surface area is 248 Å². The van der Waals surface area contributed by atoms with Crippen LogP contribution >= 0.6 is 11.6 Å². The molecule has 0 amide bonds. The summed E-state index contributed by atoms with van der Waals surface area (Å²) in [7, 11) is -3.84. The van der Waals surface area contributed by atoms with Gasteiger partial charge in [-0.15, -0.1) is 0 Å². The van der Waals surface area contributed by atoms with Crippen LogP contribution in [0.25, 0.3) is 22.2 Å². The summed E-state index contributed by atoms with van der Waals surface area (Å²) < 4.78 is 28.5. The van der Waals surface area contributed by atoms with Crippen LogP contribution in [0.1, 0.15) is 24.1 Å². The van der Waals surface area contributed by atoms with Crippen molar-refractivity contribution in [3.8, 4) is 11.3 Å². The number of anilines is 2. The van der Waals surface area contributed by atoms with Gasteiger partial charge in [0.15, 0.2) is 0 Å². The number of benzene rings is 2. The van der Waals surface area contributed by atoms with Gasteiger partial charge in [-0.25, -0.2) is 32.3 Å². The van der Waals surface area contributed by atoms with E-state index < -0.39 is 10.0 Å². The zero-order valence-corrected chi connectivity index (χ0v) is 24.3. The number of piperidine rings is 1. The van der Waals surface area contributed by atoms with Crippen molar-refractivity contribution in [3.05, 3.63) is 89.6 Å². The number of fused-ring (bicyclic) bond motifs is 2. The third-order valence-electron chi connectivity index (χ3n) is 7.89. The Morgan fingerprint density at radius 2 is 1.86 bits per heavy atom. The lowest BCUT2D eigenvalue weighted by Gasteiger charge is -2.35. The van der Waals surface area contributed by atoms with Crippen LogP contribution in [0.4, 0.5) is 11.8 Å². The second-order valence-corrected chi connectivity index (χ2v) is 12.8. The summed E-state index contributed by atoms with van der Waals surface area (Å²) in [6.07, 6.45) is 7.69. The summed E-state index contributed by atoms with van der Waals surface area (Å²) in [5.41, 5.74) is 3.93. The van der Waals surface area contributed by atoms with E-state index in [2.05, 4.69) is 30.5 Å². The molecule has 0 saturated carbocycles. The molecule has 0 bridgehead atoms. The monoisotopic (exact) mass is 600 g/mol. The number of rotatable bonds is 6. The van der Waals surface area contributed by atoms with Crippen LogP contribution in [0.2, 0.25) is 5.02 Å². The first-order valence-corrected chi connectivity index (χ1v) is 15.8. The van der Waals surface area contributed by atoms with Crippen molar-refractivity contribution in [2.24, 2.45) is 0 Å². The van der Waals surface area contributed by atoms with Crippen molar-refractivity contribution < 1.29 is 8.42 Å². The quantitative estimate of drug-likeness (QED) is 0.290. The first-order chi connectivity index (χ1) is 20.5. The van der Waals surface area contributed by atoms with E-state index in [9.17, 15) is 8.42 Å². The molecule has 1 saturated heterocycles. The molecule has 3 aromatic heterocycles. The molecule has 0 radical (unpaired) electrons. The van der Waals surface area contributed by atoms with Crippen LogP contribution in [0.15, 0.2) is 78.2 Å². The van der Waals surface area contributed by atoms with Crippen LogP contribution < -0.4 is 15.5 Å². The van der Waals surface area contributed by atoms with Crippen molar-refractivity contribution in [2.75, 3.05) is 29.9 Å². The molecule has 7 rings (SSSR count). The highest BCUT2D eigenvalue weighted by atomic mass is 35.5. The molecule has 10 nitrogen and oxygen atoms in total. The van der Waals surface area contributed by atoms with Gasteiger partial charge in [-0.05, 0) is 44.0 Å². The molecule has 1 atom stereocenters. The van der Waals surface area contributed by atoms with E-state index in [-0.39, 0.29) is 10.9 Å². The van der Waals surface area contributed by atoms with Gasteiger partial charge in [0, 0.05) is 48.4 Å². The average Bonchev–Trinajstić information content (AvgIpc) is 3.43. The Kier molecular flexibility index (Phi) is 7.01. The summed E-state index contributed by atoms with van der Waals surface area (Å²) >= 11 is 6.65. The summed E-state index contributed by atoms with van der Waals surface area (Å²) in [6, 6.07) is 15.8. The third-order valence-corrected chi connectivity index (χ3v) is 9.85. The lowest BCUT2D eigenvalue weighted by atomic mass is 10.0. The molecule has 1 fully saturated rings. The fourth-order valence-corrected chi connectivity index (χ4v) is 7.46. The van der Waals surface area contributed by atoms with E-state index in [1.807, 2.05) is 18.2 Å². The first-order valence-electron chi connectivity index (χ1n) is 14.0. The van der Waals surface area contributed by atoms with Crippen molar-refractivity contribution in [2.45, 2.75) is 36.7 Å². The van der Waals surface area contributed by atoms with Crippen molar-refractivity contribution >= 4 is 44.3 Å². The summed E-state index contributed by atoms with van der Waals surface area (Å²) in [4.78, 5) is 20.9. The minimum atomic E-state index is -3.84. The number of nitrogens with one attached hydrogen (secondary N) is 2. The maximum atomic E-state index is 13.6. The topological polar surface area (TPSA) is 118 Å². The number of nitrogens with zero attached hydrogens (tertiary/aromatic N) is 6. The summed E-state index contributed by atoms with van der Waals surface area (Å²) in [5, 5.41) is 7.96. The van der Waals surface area contributed by atoms with Crippen LogP contribution in [0, 0.1) is 0 Å². The normalized spacial score (nSPS) is 17.3. The van der Waals surface area contributed by atoms with Crippen LogP contribution in [0.3, 0.4) is 0 Å². The lowest BCUT2D eigenvalue weighted by Crippen LogP contribution is -2.43. The van der Waals surface area contributed by atoms with E-state index in [0.717, 1.165) is 62.3 Å². The molecule has 2 aromatic carbocycles. The Balaban J connectivity index is 1.20. The van der Waals surface area contributed by atoms with E-state index in [1.165, 1.54) is 9.54 Å². The molecule has 12 heteroatoms. The van der Waals surface area contributed by atoms with E-state index in [0.29, 0.717) is 27.7 Å². The second kappa shape index (κ2) is 11.0. The Morgan fingerprint density at radius 1 is 1.02 bits per heavy atom. The zero-order valence-electron chi connectivity index (χ0n) is 22.7. The molecule has 2 aliphatic rings. The molecule has 0 unspecified atom stereocenters. The first kappa shape index (κ1) is 26.8. The molecule has 2 N–H and O–H groups in total. The third kappa shape index (κ3) is 4.87. The van der Waals surface area contributed by atoms with Gasteiger partial charge in [0.2, 0.25) is 5.95 Å². The molecule has 0 aliphatic carbocycles. The molecule has 0 spiro atoms. The molecule has 214 valence electrons. The minimum absolute atomic E-state index is 0.0971. The average molecular weight is 601 g/mol. The number of hydrogen-bond donors (Lipinski definition) is 2. The highest BCUT2D eigenvalue weighted by molar-refractivity contribution is 7.90. The number of halogens is 1. The molecule has 2 aliphatic heterocycles. The van der Waals surface area contributed by atoms with Crippen LogP contribution in [-0.2, 0) is 23.0 Å². The number of para-hydroxylation sites is 1. The van der Waals surface area contributed by atoms with Gasteiger partial charge >= 0.3 is 0 Å². The second-order valence-electron chi connectivity index (χ2n) is 10.5. The highest BCUT2D eigenvalue weighted by Gasteiger charge is 2.27. The maximum Gasteiger partial charge on any atom is 0.268 e. The van der Waals surface area contributed by atoms with Gasteiger partial charge in [0.1, 0.15) is 12.1 Å². The van der Waals surface area contributed by atoms with Gasteiger partial charge in [-0.2, -0.15) is 0 Å². The lowest BCUT2D eigenvalue weighted by molar-refractivity contribution is 0.519. The summed E-state index contributed by atoms with van der Waals surface area (Å²) in [6.45, 7) is 3.38. The standard InChI is InChI=1S/C30H29ClN8O2S/c31-25-15-33-30(36-20-7-6-14-38(17-20)29-23-12-13-32-16-26(23)34-19-35-29)37-28(25)24-18-39(27-11-5-4-10-22(24)27)42(40,41)21-8-2-1-3-9-21/h1-5,8-11,15,18-20,32H,6-7,12-14,16-17H2,(H,33,36,37)/t20-/m1/s1. The van der Waals surface area contributed by atoms with Crippen molar-refractivity contribution in [1.29, 1.82) is 0 Å². The SMILES string of the molecule is O=S(=O)(c1ccccc1)n1cc(-c2nc(N[C@@H]3CCCN(c4ncnc5c4CCNC5)C3)ncc2Cl)c2ccccc21. The fraction of sp³-hybridized carbons (Fsp3) is 0.267. The molecule has 5 aromatic rings. The molecule has 42 heavy (non-hydrogen) atoms. The Bertz CT molecular complexity index is 1880. The number of hydrogen-bond acceptors (Lipinski definition) is 9. The van der Waals surface area contributed by atoms with E-state index >= 15 is 0 Å². The number of aromatic nitrogens is 5. The highest BCUT2D eigenvalue weighted by Crippen LogP contribution is 2.36. The predicted octanol–water partition coefficient (Wildman–Crippen LogP) is 4.51. The molecular weight excluding hydrogens is 572 g/mol. The fourth-order valence-electron chi connectivity index (χ4n) is 5.88. The Morgan fingerprint density at radius 3 is 2.74 bits per heavy atom.